The second-order valence-corrected chi connectivity index (χ2v) is 6.22. The van der Waals surface area contributed by atoms with Crippen molar-refractivity contribution in [2.75, 3.05) is 13.1 Å². The van der Waals surface area contributed by atoms with E-state index in [0.29, 0.717) is 13.1 Å². The number of nitrogens with zero attached hydrogens (tertiary/aromatic N) is 3. The highest BCUT2D eigenvalue weighted by Crippen LogP contribution is 2.18. The molecule has 5 nitrogen and oxygen atoms in total. The largest absolute Gasteiger partial charge is 0.245 e. The fourth-order valence-electron chi connectivity index (χ4n) is 1.63. The zero-order valence-corrected chi connectivity index (χ0v) is 11.6. The van der Waals surface area contributed by atoms with Crippen molar-refractivity contribution >= 4 is 10.0 Å². The first-order chi connectivity index (χ1) is 8.43. The standard InChI is InChI=1S/C12H17N3O2S/c1-4-15(9-10(2)3)18(16,17)12-6-5-7-14-11(12)8-13/h5-7,10H,4,9H2,1-3H3. The van der Waals surface area contributed by atoms with Gasteiger partial charge in [-0.15, -0.1) is 0 Å². The van der Waals surface area contributed by atoms with Crippen LogP contribution in [0.15, 0.2) is 23.2 Å². The molecule has 0 aromatic carbocycles. The van der Waals surface area contributed by atoms with Crippen molar-refractivity contribution in [3.8, 4) is 6.07 Å². The number of sulfonamides is 1. The normalized spacial score (nSPS) is 11.8. The molecule has 0 aliphatic heterocycles. The van der Waals surface area contributed by atoms with Gasteiger partial charge in [-0.25, -0.2) is 13.4 Å². The van der Waals surface area contributed by atoms with Crippen LogP contribution in [0.2, 0.25) is 0 Å². The lowest BCUT2D eigenvalue weighted by molar-refractivity contribution is 0.380. The SMILES string of the molecule is CCN(CC(C)C)S(=O)(=O)c1cccnc1C#N. The minimum atomic E-state index is -3.64. The minimum Gasteiger partial charge on any atom is -0.244 e. The summed E-state index contributed by atoms with van der Waals surface area (Å²) in [4.78, 5) is 3.77. The molecule has 98 valence electrons. The molecule has 0 fully saturated rings. The van der Waals surface area contributed by atoms with Gasteiger partial charge in [-0.1, -0.05) is 20.8 Å². The van der Waals surface area contributed by atoms with Crippen LogP contribution in [0.4, 0.5) is 0 Å². The van der Waals surface area contributed by atoms with E-state index in [4.69, 9.17) is 5.26 Å². The minimum absolute atomic E-state index is 0.0185. The van der Waals surface area contributed by atoms with E-state index in [-0.39, 0.29) is 16.5 Å². The Balaban J connectivity index is 3.24. The average Bonchev–Trinajstić information content (AvgIpc) is 2.35. The number of pyridine rings is 1. The van der Waals surface area contributed by atoms with Gasteiger partial charge in [0.15, 0.2) is 5.69 Å². The molecule has 0 saturated carbocycles. The third-order valence-corrected chi connectivity index (χ3v) is 4.39. The van der Waals surface area contributed by atoms with Crippen molar-refractivity contribution < 1.29 is 8.42 Å². The summed E-state index contributed by atoms with van der Waals surface area (Å²) >= 11 is 0. The first-order valence-electron chi connectivity index (χ1n) is 5.78. The summed E-state index contributed by atoms with van der Waals surface area (Å²) < 4.78 is 26.2. The lowest BCUT2D eigenvalue weighted by Gasteiger charge is -2.22. The highest BCUT2D eigenvalue weighted by molar-refractivity contribution is 7.89. The van der Waals surface area contributed by atoms with E-state index in [0.717, 1.165) is 0 Å². The Labute approximate surface area is 108 Å². The maximum atomic E-state index is 12.4. The molecule has 0 amide bonds. The van der Waals surface area contributed by atoms with E-state index in [1.165, 1.54) is 22.6 Å². The third-order valence-electron chi connectivity index (χ3n) is 2.42. The molecule has 0 atom stereocenters. The average molecular weight is 267 g/mol. The Morgan fingerprint density at radius 3 is 2.67 bits per heavy atom. The van der Waals surface area contributed by atoms with Gasteiger partial charge in [0.25, 0.3) is 0 Å². The van der Waals surface area contributed by atoms with Gasteiger partial charge in [0.1, 0.15) is 11.0 Å². The second-order valence-electron chi connectivity index (χ2n) is 4.31. The van der Waals surface area contributed by atoms with E-state index in [1.54, 1.807) is 6.92 Å². The third kappa shape index (κ3) is 3.06. The quantitative estimate of drug-likeness (QED) is 0.812. The Morgan fingerprint density at radius 1 is 1.50 bits per heavy atom. The zero-order chi connectivity index (χ0) is 13.8. The van der Waals surface area contributed by atoms with Crippen molar-refractivity contribution in [2.24, 2.45) is 5.92 Å². The van der Waals surface area contributed by atoms with Gasteiger partial charge in [0, 0.05) is 19.3 Å². The van der Waals surface area contributed by atoms with Gasteiger partial charge < -0.3 is 0 Å². The monoisotopic (exact) mass is 267 g/mol. The Kier molecular flexibility index (Phi) is 4.82. The number of hydrogen-bond acceptors (Lipinski definition) is 4. The highest BCUT2D eigenvalue weighted by Gasteiger charge is 2.26. The van der Waals surface area contributed by atoms with Crippen LogP contribution in [0.25, 0.3) is 0 Å². The summed E-state index contributed by atoms with van der Waals surface area (Å²) in [5.41, 5.74) is -0.0558. The van der Waals surface area contributed by atoms with Crippen LogP contribution in [-0.2, 0) is 10.0 Å². The molecular formula is C12H17N3O2S. The molecule has 0 aliphatic carbocycles. The molecule has 0 saturated heterocycles. The molecule has 0 bridgehead atoms. The van der Waals surface area contributed by atoms with Gasteiger partial charge in [0.05, 0.1) is 0 Å². The summed E-state index contributed by atoms with van der Waals surface area (Å²) in [7, 11) is -3.64. The summed E-state index contributed by atoms with van der Waals surface area (Å²) in [6.45, 7) is 6.49. The van der Waals surface area contributed by atoms with Crippen LogP contribution in [0.3, 0.4) is 0 Å². The summed E-state index contributed by atoms with van der Waals surface area (Å²) in [5, 5.41) is 8.92. The van der Waals surface area contributed by atoms with Crippen LogP contribution >= 0.6 is 0 Å². The van der Waals surface area contributed by atoms with E-state index < -0.39 is 10.0 Å². The molecule has 1 heterocycles. The first kappa shape index (κ1) is 14.6. The molecule has 1 rings (SSSR count). The van der Waals surface area contributed by atoms with Crippen LogP contribution in [0.5, 0.6) is 0 Å². The van der Waals surface area contributed by atoms with Gasteiger partial charge in [-0.2, -0.15) is 9.57 Å². The van der Waals surface area contributed by atoms with Crippen molar-refractivity contribution in [1.82, 2.24) is 9.29 Å². The number of aromatic nitrogens is 1. The number of nitriles is 1. The van der Waals surface area contributed by atoms with E-state index in [9.17, 15) is 8.42 Å². The summed E-state index contributed by atoms with van der Waals surface area (Å²) in [6.07, 6.45) is 1.41. The summed E-state index contributed by atoms with van der Waals surface area (Å²) in [5.74, 6) is 0.224. The molecule has 0 N–H and O–H groups in total. The van der Waals surface area contributed by atoms with Crippen molar-refractivity contribution in [3.63, 3.8) is 0 Å². The fourth-order valence-corrected chi connectivity index (χ4v) is 3.33. The highest BCUT2D eigenvalue weighted by atomic mass is 32.2. The summed E-state index contributed by atoms with van der Waals surface area (Å²) in [6, 6.07) is 4.76. The number of rotatable bonds is 5. The van der Waals surface area contributed by atoms with Crippen molar-refractivity contribution in [2.45, 2.75) is 25.7 Å². The predicted octanol–water partition coefficient (Wildman–Crippen LogP) is 1.62. The Bertz CT molecular complexity index is 547. The maximum Gasteiger partial charge on any atom is 0.245 e. The van der Waals surface area contributed by atoms with Gasteiger partial charge in [-0.05, 0) is 18.1 Å². The van der Waals surface area contributed by atoms with Crippen LogP contribution in [-0.4, -0.2) is 30.8 Å². The Morgan fingerprint density at radius 2 is 2.17 bits per heavy atom. The first-order valence-corrected chi connectivity index (χ1v) is 7.22. The predicted molar refractivity (Wildman–Crippen MR) is 68.2 cm³/mol. The molecule has 0 aliphatic rings. The van der Waals surface area contributed by atoms with E-state index in [2.05, 4.69) is 4.98 Å². The zero-order valence-electron chi connectivity index (χ0n) is 10.8. The van der Waals surface area contributed by atoms with Crippen LogP contribution < -0.4 is 0 Å². The van der Waals surface area contributed by atoms with Crippen LogP contribution in [0, 0.1) is 17.2 Å². The molecule has 0 spiro atoms. The van der Waals surface area contributed by atoms with Crippen LogP contribution in [0.1, 0.15) is 26.5 Å². The molecule has 6 heteroatoms. The van der Waals surface area contributed by atoms with Crippen molar-refractivity contribution in [1.29, 1.82) is 5.26 Å². The molecule has 1 aromatic rings. The smallest absolute Gasteiger partial charge is 0.244 e. The topological polar surface area (TPSA) is 74.1 Å². The molecular weight excluding hydrogens is 250 g/mol. The lowest BCUT2D eigenvalue weighted by Crippen LogP contribution is -2.34. The number of hydrogen-bond donors (Lipinski definition) is 0. The maximum absolute atomic E-state index is 12.4. The van der Waals surface area contributed by atoms with Gasteiger partial charge in [0.2, 0.25) is 10.0 Å². The molecule has 1 aromatic heterocycles. The molecule has 0 unspecified atom stereocenters. The molecule has 18 heavy (non-hydrogen) atoms. The molecule has 0 radical (unpaired) electrons. The fraction of sp³-hybridized carbons (Fsp3) is 0.500. The van der Waals surface area contributed by atoms with Gasteiger partial charge >= 0.3 is 0 Å². The van der Waals surface area contributed by atoms with Crippen molar-refractivity contribution in [3.05, 3.63) is 24.0 Å². The van der Waals surface area contributed by atoms with Gasteiger partial charge in [-0.3, -0.25) is 0 Å². The lowest BCUT2D eigenvalue weighted by atomic mass is 10.2. The Hall–Kier alpha value is -1.45. The van der Waals surface area contributed by atoms with E-state index in [1.807, 2.05) is 19.9 Å². The van der Waals surface area contributed by atoms with E-state index >= 15 is 0 Å². The second kappa shape index (κ2) is 5.94.